The number of hydrogen-bond donors (Lipinski definition) is 3. The Bertz CT molecular complexity index is 1320. The second kappa shape index (κ2) is 9.06. The summed E-state index contributed by atoms with van der Waals surface area (Å²) in [4.78, 5) is 32.3. The van der Waals surface area contributed by atoms with Crippen LogP contribution in [-0.4, -0.2) is 40.8 Å². The van der Waals surface area contributed by atoms with Crippen molar-refractivity contribution in [3.63, 3.8) is 0 Å². The number of aryl methyl sites for hydroxylation is 1. The molecule has 168 valence electrons. The molecule has 1 aromatic heterocycles. The van der Waals surface area contributed by atoms with Crippen molar-refractivity contribution in [3.05, 3.63) is 71.4 Å². The number of thiazole rings is 1. The summed E-state index contributed by atoms with van der Waals surface area (Å²) < 4.78 is 0.855. The molecule has 0 spiro atoms. The van der Waals surface area contributed by atoms with Crippen molar-refractivity contribution >= 4 is 38.5 Å². The number of rotatable bonds is 6. The number of benzene rings is 2. The lowest BCUT2D eigenvalue weighted by Crippen LogP contribution is -2.60. The van der Waals surface area contributed by atoms with Gasteiger partial charge in [0.1, 0.15) is 0 Å². The Morgan fingerprint density at radius 1 is 1.39 bits per heavy atom. The van der Waals surface area contributed by atoms with Gasteiger partial charge in [0.15, 0.2) is 10.7 Å². The van der Waals surface area contributed by atoms with E-state index in [9.17, 15) is 9.59 Å². The summed E-state index contributed by atoms with van der Waals surface area (Å²) >= 11 is 1.35. The van der Waals surface area contributed by atoms with E-state index in [1.54, 1.807) is 11.9 Å². The molecule has 0 bridgehead atoms. The van der Waals surface area contributed by atoms with Crippen LogP contribution < -0.4 is 16.4 Å². The predicted molar refractivity (Wildman–Crippen MR) is 132 cm³/mol. The molecule has 0 unspecified atom stereocenters. The minimum atomic E-state index is -1.35. The molecule has 8 heteroatoms. The van der Waals surface area contributed by atoms with Gasteiger partial charge in [-0.15, -0.1) is 0 Å². The molecule has 1 aliphatic rings. The standard InChI is InChI=1S/C25H25N5O2S/c1-4-16-9-10-18-14-30(22(31)19(18)13-16)15-25(27-3,23(32)28-5-2)12-11-17-7-6-8-20-21(17)33-24(26)29-20/h5-10,13,27H,2,4,14-15H2,1,3H3,(H2,26,29)(H,28,32)/t25-/m1/s1. The first-order chi connectivity index (χ1) is 15.9. The van der Waals surface area contributed by atoms with Crippen LogP contribution in [0.4, 0.5) is 5.13 Å². The van der Waals surface area contributed by atoms with E-state index in [4.69, 9.17) is 5.73 Å². The van der Waals surface area contributed by atoms with Crippen molar-refractivity contribution in [1.82, 2.24) is 20.5 Å². The van der Waals surface area contributed by atoms with Gasteiger partial charge in [-0.2, -0.15) is 0 Å². The van der Waals surface area contributed by atoms with Gasteiger partial charge in [0.05, 0.1) is 16.8 Å². The topological polar surface area (TPSA) is 100 Å². The summed E-state index contributed by atoms with van der Waals surface area (Å²) in [7, 11) is 1.66. The highest BCUT2D eigenvalue weighted by Crippen LogP contribution is 2.28. The molecule has 2 aromatic carbocycles. The molecular formula is C25H25N5O2S. The fraction of sp³-hybridized carbons (Fsp3) is 0.240. The zero-order valence-electron chi connectivity index (χ0n) is 18.6. The van der Waals surface area contributed by atoms with Crippen LogP contribution in [0.25, 0.3) is 10.2 Å². The van der Waals surface area contributed by atoms with Gasteiger partial charge in [-0.3, -0.25) is 14.9 Å². The average molecular weight is 460 g/mol. The minimum Gasteiger partial charge on any atom is -0.375 e. The Labute approximate surface area is 196 Å². The lowest BCUT2D eigenvalue weighted by atomic mass is 9.97. The van der Waals surface area contributed by atoms with Gasteiger partial charge in [-0.1, -0.05) is 54.9 Å². The lowest BCUT2D eigenvalue weighted by molar-refractivity contribution is -0.124. The first-order valence-electron chi connectivity index (χ1n) is 10.6. The number of nitrogen functional groups attached to an aromatic ring is 1. The third kappa shape index (κ3) is 4.21. The molecule has 2 heterocycles. The third-order valence-corrected chi connectivity index (χ3v) is 6.71. The molecule has 0 saturated carbocycles. The molecule has 33 heavy (non-hydrogen) atoms. The van der Waals surface area contributed by atoms with Crippen molar-refractivity contribution in [1.29, 1.82) is 0 Å². The highest BCUT2D eigenvalue weighted by atomic mass is 32.1. The molecule has 0 aliphatic carbocycles. The molecule has 0 saturated heterocycles. The second-order valence-corrected chi connectivity index (χ2v) is 8.83. The minimum absolute atomic E-state index is 0.0753. The molecule has 7 nitrogen and oxygen atoms in total. The molecule has 4 rings (SSSR count). The van der Waals surface area contributed by atoms with E-state index in [-0.39, 0.29) is 18.4 Å². The van der Waals surface area contributed by atoms with Crippen molar-refractivity contribution in [2.24, 2.45) is 0 Å². The van der Waals surface area contributed by atoms with Crippen molar-refractivity contribution in [2.75, 3.05) is 19.3 Å². The van der Waals surface area contributed by atoms with Crippen LogP contribution in [0.5, 0.6) is 0 Å². The molecule has 0 radical (unpaired) electrons. The monoisotopic (exact) mass is 459 g/mol. The van der Waals surface area contributed by atoms with Crippen LogP contribution in [-0.2, 0) is 17.8 Å². The van der Waals surface area contributed by atoms with E-state index < -0.39 is 5.54 Å². The van der Waals surface area contributed by atoms with Crippen molar-refractivity contribution in [3.8, 4) is 11.8 Å². The quantitative estimate of drug-likeness (QED) is 0.492. The van der Waals surface area contributed by atoms with Crippen LogP contribution in [0.3, 0.4) is 0 Å². The fourth-order valence-electron chi connectivity index (χ4n) is 3.92. The smallest absolute Gasteiger partial charge is 0.258 e. The third-order valence-electron chi connectivity index (χ3n) is 5.78. The second-order valence-electron chi connectivity index (χ2n) is 7.80. The maximum absolute atomic E-state index is 13.2. The molecule has 2 amide bonds. The van der Waals surface area contributed by atoms with Gasteiger partial charge in [0, 0.05) is 17.7 Å². The molecular weight excluding hydrogens is 434 g/mol. The fourth-order valence-corrected chi connectivity index (χ4v) is 4.72. The summed E-state index contributed by atoms with van der Waals surface area (Å²) in [5.74, 6) is 5.74. The lowest BCUT2D eigenvalue weighted by Gasteiger charge is -2.31. The number of nitrogens with one attached hydrogen (secondary N) is 2. The Morgan fingerprint density at radius 2 is 2.21 bits per heavy atom. The van der Waals surface area contributed by atoms with E-state index in [1.165, 1.54) is 17.5 Å². The van der Waals surface area contributed by atoms with Crippen LogP contribution in [0.15, 0.2) is 49.2 Å². The van der Waals surface area contributed by atoms with Gasteiger partial charge in [0.2, 0.25) is 0 Å². The SMILES string of the molecule is C=CNC(=O)[C@@](C#Cc1cccc2nc(N)sc12)(CN1Cc2ccc(CC)cc2C1=O)NC. The Hall–Kier alpha value is -3.67. The highest BCUT2D eigenvalue weighted by Gasteiger charge is 2.40. The number of likely N-dealkylation sites (N-methyl/N-ethyl adjacent to an activating group) is 1. The number of carbonyl (C=O) groups is 2. The normalized spacial score (nSPS) is 14.4. The van der Waals surface area contributed by atoms with E-state index in [2.05, 4.69) is 41.0 Å². The summed E-state index contributed by atoms with van der Waals surface area (Å²) in [6, 6.07) is 11.5. The molecule has 0 fully saturated rings. The molecule has 1 aliphatic heterocycles. The predicted octanol–water partition coefficient (Wildman–Crippen LogP) is 2.67. The van der Waals surface area contributed by atoms with E-state index in [0.717, 1.165) is 33.3 Å². The van der Waals surface area contributed by atoms with E-state index >= 15 is 0 Å². The maximum Gasteiger partial charge on any atom is 0.258 e. The summed E-state index contributed by atoms with van der Waals surface area (Å²) in [6.45, 7) is 6.15. The summed E-state index contributed by atoms with van der Waals surface area (Å²) in [6.07, 6.45) is 2.16. The number of nitrogens with zero attached hydrogens (tertiary/aromatic N) is 2. The Balaban J connectivity index is 1.72. The zero-order valence-corrected chi connectivity index (χ0v) is 19.4. The number of nitrogens with two attached hydrogens (primary N) is 1. The zero-order chi connectivity index (χ0) is 23.6. The summed E-state index contributed by atoms with van der Waals surface area (Å²) in [5, 5.41) is 6.15. The molecule has 4 N–H and O–H groups in total. The Kier molecular flexibility index (Phi) is 6.18. The number of aromatic nitrogens is 1. The van der Waals surface area contributed by atoms with Crippen molar-refractivity contribution in [2.45, 2.75) is 25.4 Å². The van der Waals surface area contributed by atoms with Crippen LogP contribution in [0.2, 0.25) is 0 Å². The van der Waals surface area contributed by atoms with Crippen LogP contribution >= 0.6 is 11.3 Å². The van der Waals surface area contributed by atoms with E-state index in [1.807, 2.05) is 36.4 Å². The largest absolute Gasteiger partial charge is 0.375 e. The van der Waals surface area contributed by atoms with Crippen LogP contribution in [0, 0.1) is 11.8 Å². The number of anilines is 1. The highest BCUT2D eigenvalue weighted by molar-refractivity contribution is 7.22. The maximum atomic E-state index is 13.2. The number of hydrogen-bond acceptors (Lipinski definition) is 6. The average Bonchev–Trinajstić information content (AvgIpc) is 3.35. The van der Waals surface area contributed by atoms with Gasteiger partial charge in [-0.05, 0) is 49.0 Å². The first kappa shape index (κ1) is 22.5. The molecule has 1 atom stereocenters. The van der Waals surface area contributed by atoms with Gasteiger partial charge in [0.25, 0.3) is 11.8 Å². The summed E-state index contributed by atoms with van der Waals surface area (Å²) in [5.41, 5.74) is 8.73. The van der Waals surface area contributed by atoms with Gasteiger partial charge >= 0.3 is 0 Å². The number of fused-ring (bicyclic) bond motifs is 2. The van der Waals surface area contributed by atoms with Gasteiger partial charge < -0.3 is 16.0 Å². The molecule has 3 aromatic rings. The number of amides is 2. The van der Waals surface area contributed by atoms with E-state index in [0.29, 0.717) is 17.2 Å². The van der Waals surface area contributed by atoms with Gasteiger partial charge in [-0.25, -0.2) is 4.98 Å². The Morgan fingerprint density at radius 3 is 2.94 bits per heavy atom. The van der Waals surface area contributed by atoms with Crippen molar-refractivity contribution < 1.29 is 9.59 Å². The number of carbonyl (C=O) groups excluding carboxylic acids is 2. The first-order valence-corrected chi connectivity index (χ1v) is 11.4. The van der Waals surface area contributed by atoms with Crippen LogP contribution in [0.1, 0.15) is 34.0 Å².